The van der Waals surface area contributed by atoms with Gasteiger partial charge in [0, 0.05) is 55.2 Å². The fourth-order valence-electron chi connectivity index (χ4n) is 6.37. The molecule has 2 heterocycles. The minimum Gasteiger partial charge on any atom is -0.495 e. The number of methoxy groups -OCH3 is 1. The normalized spacial score (nSPS) is 14.2. The van der Waals surface area contributed by atoms with E-state index in [2.05, 4.69) is 26.2 Å². The summed E-state index contributed by atoms with van der Waals surface area (Å²) >= 11 is 0. The Labute approximate surface area is 248 Å². The van der Waals surface area contributed by atoms with Crippen molar-refractivity contribution in [2.75, 3.05) is 56.6 Å². The molecule has 1 fully saturated rings. The van der Waals surface area contributed by atoms with Gasteiger partial charge in [-0.1, -0.05) is 48.5 Å². The first kappa shape index (κ1) is 27.0. The number of fused-ring (bicyclic) bond motifs is 5. The smallest absolute Gasteiger partial charge is 0.196 e. The number of anilines is 2. The molecule has 218 valence electrons. The van der Waals surface area contributed by atoms with Crippen molar-refractivity contribution < 1.29 is 9.15 Å². The van der Waals surface area contributed by atoms with E-state index in [4.69, 9.17) is 9.15 Å². The van der Waals surface area contributed by atoms with Gasteiger partial charge in [-0.05, 0) is 43.7 Å². The third kappa shape index (κ3) is 4.77. The third-order valence-electron chi connectivity index (χ3n) is 8.63. The molecule has 6 aromatic rings. The lowest BCUT2D eigenvalue weighted by atomic mass is 9.99. The number of H-pyrrole nitrogens is 1. The predicted octanol–water partition coefficient (Wildman–Crippen LogP) is 5.88. The number of aromatic nitrogens is 1. The number of para-hydroxylation sites is 3. The van der Waals surface area contributed by atoms with E-state index in [-0.39, 0.29) is 10.9 Å². The van der Waals surface area contributed by atoms with Crippen LogP contribution >= 0.6 is 0 Å². The van der Waals surface area contributed by atoms with Crippen molar-refractivity contribution in [2.45, 2.75) is 13.3 Å². The van der Waals surface area contributed by atoms with Crippen LogP contribution in [0.25, 0.3) is 43.7 Å². The van der Waals surface area contributed by atoms with Gasteiger partial charge in [-0.15, -0.1) is 0 Å². The SMILES string of the molecule is COc1ccccc1N1CCN(CCCNc2cc3oc4cccc(C)c4[nH]c3c3c(=O)c4ccccc4c(=O)c23)CC1. The summed E-state index contributed by atoms with van der Waals surface area (Å²) in [5.41, 5.74) is 5.02. The van der Waals surface area contributed by atoms with Crippen molar-refractivity contribution in [3.05, 3.63) is 98.8 Å². The van der Waals surface area contributed by atoms with Crippen LogP contribution in [0.4, 0.5) is 11.4 Å². The van der Waals surface area contributed by atoms with Crippen molar-refractivity contribution in [1.82, 2.24) is 9.88 Å². The summed E-state index contributed by atoms with van der Waals surface area (Å²) in [7, 11) is 1.71. The highest BCUT2D eigenvalue weighted by Crippen LogP contribution is 2.32. The fourth-order valence-corrected chi connectivity index (χ4v) is 6.37. The van der Waals surface area contributed by atoms with Crippen molar-refractivity contribution in [2.24, 2.45) is 0 Å². The molecule has 2 N–H and O–H groups in total. The van der Waals surface area contributed by atoms with Gasteiger partial charge in [0.2, 0.25) is 0 Å². The van der Waals surface area contributed by atoms with Crippen molar-refractivity contribution in [3.8, 4) is 5.75 Å². The highest BCUT2D eigenvalue weighted by Gasteiger charge is 2.21. The number of hydrogen-bond donors (Lipinski definition) is 2. The first-order valence-electron chi connectivity index (χ1n) is 14.8. The Morgan fingerprint density at radius 1 is 0.837 bits per heavy atom. The molecule has 5 aromatic carbocycles. The molecule has 1 aromatic heterocycles. The van der Waals surface area contributed by atoms with E-state index < -0.39 is 0 Å². The van der Waals surface area contributed by atoms with E-state index in [0.717, 1.165) is 61.7 Å². The van der Waals surface area contributed by atoms with Gasteiger partial charge in [-0.3, -0.25) is 14.5 Å². The maximum Gasteiger partial charge on any atom is 0.196 e. The lowest BCUT2D eigenvalue weighted by Gasteiger charge is -2.36. The predicted molar refractivity (Wildman–Crippen MR) is 175 cm³/mol. The Balaban J connectivity index is 1.16. The van der Waals surface area contributed by atoms with Gasteiger partial charge in [0.05, 0.1) is 34.6 Å². The molecule has 8 nitrogen and oxygen atoms in total. The molecule has 7 rings (SSSR count). The molecule has 0 aliphatic carbocycles. The van der Waals surface area contributed by atoms with E-state index in [1.165, 1.54) is 0 Å². The molecule has 1 aliphatic rings. The lowest BCUT2D eigenvalue weighted by molar-refractivity contribution is 0.256. The number of nitrogens with one attached hydrogen (secondary N) is 2. The van der Waals surface area contributed by atoms with E-state index >= 15 is 0 Å². The molecule has 43 heavy (non-hydrogen) atoms. The molecule has 0 saturated carbocycles. The van der Waals surface area contributed by atoms with E-state index in [9.17, 15) is 9.59 Å². The monoisotopic (exact) mass is 574 g/mol. The van der Waals surface area contributed by atoms with Gasteiger partial charge in [0.15, 0.2) is 22.0 Å². The van der Waals surface area contributed by atoms with Crippen molar-refractivity contribution in [1.29, 1.82) is 0 Å². The van der Waals surface area contributed by atoms with Gasteiger partial charge in [-0.2, -0.15) is 0 Å². The average molecular weight is 575 g/mol. The number of nitrogens with zero attached hydrogens (tertiary/aromatic N) is 2. The summed E-state index contributed by atoms with van der Waals surface area (Å²) in [5, 5.41) is 5.12. The van der Waals surface area contributed by atoms with Crippen LogP contribution in [0, 0.1) is 6.92 Å². The zero-order valence-corrected chi connectivity index (χ0v) is 24.4. The molecule has 1 saturated heterocycles. The Hall–Kier alpha value is -4.82. The lowest BCUT2D eigenvalue weighted by Crippen LogP contribution is -2.46. The molecule has 0 radical (unpaired) electrons. The molecule has 0 amide bonds. The standard InChI is InChI=1S/C35H34N4O4/c1-22-9-7-14-28-32(22)37-33-29(43-28)21-25(30-31(33)35(41)24-11-4-3-10-23(24)34(30)40)36-15-8-16-38-17-19-39(20-18-38)26-12-5-6-13-27(26)42-2/h3-7,9-14,21,36-37H,8,15-20H2,1-2H3. The van der Waals surface area contributed by atoms with E-state index in [0.29, 0.717) is 50.5 Å². The first-order chi connectivity index (χ1) is 21.0. The van der Waals surface area contributed by atoms with Gasteiger partial charge in [-0.25, -0.2) is 0 Å². The van der Waals surface area contributed by atoms with Crippen LogP contribution < -0.4 is 25.8 Å². The molecular weight excluding hydrogens is 540 g/mol. The Bertz CT molecular complexity index is 2110. The number of hydrogen-bond acceptors (Lipinski definition) is 7. The Kier molecular flexibility index (Phi) is 6.99. The van der Waals surface area contributed by atoms with Crippen molar-refractivity contribution >= 4 is 55.1 Å². The molecular formula is C35H34N4O4. The van der Waals surface area contributed by atoms with Crippen LogP contribution in [-0.4, -0.2) is 56.3 Å². The van der Waals surface area contributed by atoms with E-state index in [1.54, 1.807) is 31.4 Å². The number of ether oxygens (including phenoxy) is 1. The molecule has 0 spiro atoms. The minimum absolute atomic E-state index is 0.152. The highest BCUT2D eigenvalue weighted by molar-refractivity contribution is 6.14. The van der Waals surface area contributed by atoms with Crippen LogP contribution in [0.15, 0.2) is 86.8 Å². The first-order valence-corrected chi connectivity index (χ1v) is 14.8. The van der Waals surface area contributed by atoms with Crippen LogP contribution in [0.2, 0.25) is 0 Å². The van der Waals surface area contributed by atoms with Crippen LogP contribution in [0.5, 0.6) is 5.75 Å². The van der Waals surface area contributed by atoms with E-state index in [1.807, 2.05) is 49.4 Å². The quantitative estimate of drug-likeness (QED) is 0.140. The molecule has 0 atom stereocenters. The molecule has 8 heteroatoms. The second kappa shape index (κ2) is 11.1. The number of rotatable bonds is 7. The number of benzene rings is 5. The zero-order chi connectivity index (χ0) is 29.5. The summed E-state index contributed by atoms with van der Waals surface area (Å²) in [6.07, 6.45) is 0.889. The number of aromatic amines is 1. The zero-order valence-electron chi connectivity index (χ0n) is 24.4. The summed E-state index contributed by atoms with van der Waals surface area (Å²) < 4.78 is 11.9. The van der Waals surface area contributed by atoms with Crippen molar-refractivity contribution in [3.63, 3.8) is 0 Å². The molecule has 1 aliphatic heterocycles. The Morgan fingerprint density at radius 3 is 2.33 bits per heavy atom. The molecule has 0 bridgehead atoms. The molecule has 0 unspecified atom stereocenters. The van der Waals surface area contributed by atoms with Crippen LogP contribution in [0.3, 0.4) is 0 Å². The summed E-state index contributed by atoms with van der Waals surface area (Å²) in [6.45, 7) is 7.39. The topological polar surface area (TPSA) is 90.8 Å². The summed E-state index contributed by atoms with van der Waals surface area (Å²) in [5.74, 6) is 0.905. The Morgan fingerprint density at radius 2 is 1.56 bits per heavy atom. The second-order valence-corrected chi connectivity index (χ2v) is 11.2. The average Bonchev–Trinajstić information content (AvgIpc) is 3.05. The van der Waals surface area contributed by atoms with Gasteiger partial charge in [0.1, 0.15) is 5.75 Å². The number of piperazine rings is 1. The number of aryl methyl sites for hydroxylation is 1. The summed E-state index contributed by atoms with van der Waals surface area (Å²) in [6, 6.07) is 22.9. The second-order valence-electron chi connectivity index (χ2n) is 11.2. The fraction of sp³-hybridized carbons (Fsp3) is 0.257. The van der Waals surface area contributed by atoms with Gasteiger partial charge >= 0.3 is 0 Å². The van der Waals surface area contributed by atoms with Gasteiger partial charge < -0.3 is 24.4 Å². The maximum atomic E-state index is 13.9. The van der Waals surface area contributed by atoms with Crippen LogP contribution in [-0.2, 0) is 0 Å². The largest absolute Gasteiger partial charge is 0.495 e. The minimum atomic E-state index is -0.175. The summed E-state index contributed by atoms with van der Waals surface area (Å²) in [4.78, 5) is 36.0. The maximum absolute atomic E-state index is 13.9. The highest BCUT2D eigenvalue weighted by atomic mass is 16.5. The van der Waals surface area contributed by atoms with Gasteiger partial charge in [0.25, 0.3) is 0 Å². The van der Waals surface area contributed by atoms with Crippen LogP contribution in [0.1, 0.15) is 12.0 Å². The third-order valence-corrected chi connectivity index (χ3v) is 8.63.